The summed E-state index contributed by atoms with van der Waals surface area (Å²) in [5.41, 5.74) is 4.19. The number of nitrogens with one attached hydrogen (secondary N) is 2. The first-order valence-electron chi connectivity index (χ1n) is 13.3. The predicted octanol–water partition coefficient (Wildman–Crippen LogP) is 4.79. The number of sulfonamides is 1. The quantitative estimate of drug-likeness (QED) is 0.142. The zero-order valence-electron chi connectivity index (χ0n) is 23.4. The topological polar surface area (TPSA) is 123 Å². The van der Waals surface area contributed by atoms with Crippen LogP contribution in [0.3, 0.4) is 0 Å². The minimum atomic E-state index is -3.56. The third kappa shape index (κ3) is 9.07. The van der Waals surface area contributed by atoms with Crippen molar-refractivity contribution in [3.05, 3.63) is 114 Å². The number of anilines is 1. The molecule has 9 nitrogen and oxygen atoms in total. The van der Waals surface area contributed by atoms with Crippen LogP contribution in [0.5, 0.6) is 11.5 Å². The number of carbonyl (C=O) groups is 1. The Morgan fingerprint density at radius 3 is 2.19 bits per heavy atom. The van der Waals surface area contributed by atoms with Crippen LogP contribution in [0.4, 0.5) is 5.69 Å². The number of esters is 1. The van der Waals surface area contributed by atoms with Gasteiger partial charge >= 0.3 is 5.97 Å². The molecule has 0 bridgehead atoms. The molecule has 42 heavy (non-hydrogen) atoms. The minimum Gasteiger partial charge on any atom is -0.492 e. The van der Waals surface area contributed by atoms with Crippen LogP contribution in [0.15, 0.2) is 97.1 Å². The van der Waals surface area contributed by atoms with Crippen molar-refractivity contribution in [2.24, 2.45) is 0 Å². The highest BCUT2D eigenvalue weighted by Gasteiger charge is 2.15. The van der Waals surface area contributed by atoms with E-state index in [-0.39, 0.29) is 24.8 Å². The number of ether oxygens (including phenoxy) is 3. The van der Waals surface area contributed by atoms with Crippen LogP contribution in [0.25, 0.3) is 11.1 Å². The molecular formula is C32H34N2O7S. The molecule has 0 aliphatic heterocycles. The van der Waals surface area contributed by atoms with Gasteiger partial charge in [0.15, 0.2) is 0 Å². The number of benzene rings is 4. The van der Waals surface area contributed by atoms with Gasteiger partial charge in [0, 0.05) is 13.1 Å². The maximum absolute atomic E-state index is 11.9. The van der Waals surface area contributed by atoms with Crippen molar-refractivity contribution in [1.82, 2.24) is 5.32 Å². The van der Waals surface area contributed by atoms with E-state index in [0.717, 1.165) is 22.9 Å². The molecule has 0 fully saturated rings. The van der Waals surface area contributed by atoms with Gasteiger partial charge in [-0.05, 0) is 58.7 Å². The Hall–Kier alpha value is -4.38. The molecule has 0 amide bonds. The lowest BCUT2D eigenvalue weighted by Crippen LogP contribution is -2.26. The first kappa shape index (κ1) is 30.6. The molecule has 0 spiro atoms. The molecule has 0 aliphatic rings. The Morgan fingerprint density at radius 1 is 0.881 bits per heavy atom. The molecule has 1 unspecified atom stereocenters. The largest absolute Gasteiger partial charge is 0.492 e. The summed E-state index contributed by atoms with van der Waals surface area (Å²) >= 11 is 0. The first-order chi connectivity index (χ1) is 20.2. The van der Waals surface area contributed by atoms with Crippen molar-refractivity contribution >= 4 is 21.7 Å². The van der Waals surface area contributed by atoms with Gasteiger partial charge in [0.25, 0.3) is 0 Å². The normalized spacial score (nSPS) is 11.9. The smallest absolute Gasteiger partial charge is 0.337 e. The SMILES string of the molecule is COC(=O)c1ccc(-c2ccc(OCCNCC(O)c3ccc(OCc4ccccc4)c(NS(C)(=O)=O)c3)cc2)cc1. The van der Waals surface area contributed by atoms with Crippen LogP contribution in [0.1, 0.15) is 27.6 Å². The highest BCUT2D eigenvalue weighted by atomic mass is 32.2. The van der Waals surface area contributed by atoms with E-state index in [1.165, 1.54) is 7.11 Å². The lowest BCUT2D eigenvalue weighted by Gasteiger charge is -2.17. The summed E-state index contributed by atoms with van der Waals surface area (Å²) in [5.74, 6) is 0.697. The number of hydrogen-bond acceptors (Lipinski definition) is 8. The van der Waals surface area contributed by atoms with Crippen molar-refractivity contribution in [2.75, 3.05) is 37.8 Å². The van der Waals surface area contributed by atoms with Gasteiger partial charge in [-0.3, -0.25) is 4.72 Å². The van der Waals surface area contributed by atoms with E-state index in [9.17, 15) is 18.3 Å². The van der Waals surface area contributed by atoms with Gasteiger partial charge in [-0.2, -0.15) is 0 Å². The molecule has 0 heterocycles. The van der Waals surface area contributed by atoms with E-state index in [2.05, 4.69) is 10.0 Å². The first-order valence-corrected chi connectivity index (χ1v) is 15.2. The van der Waals surface area contributed by atoms with Gasteiger partial charge in [-0.1, -0.05) is 60.7 Å². The standard InChI is InChI=1S/C32H34N2O7S/c1-39-32(36)26-10-8-24(9-11-26)25-12-15-28(16-13-25)40-19-18-33-21-30(35)27-14-17-31(29(20-27)34-42(2,37)38)41-22-23-6-4-3-5-7-23/h3-17,20,30,33-35H,18-19,21-22H2,1-2H3. The average molecular weight is 591 g/mol. The summed E-state index contributed by atoms with van der Waals surface area (Å²) in [6.07, 6.45) is 0.189. The molecule has 0 aliphatic carbocycles. The van der Waals surface area contributed by atoms with Gasteiger partial charge in [-0.15, -0.1) is 0 Å². The summed E-state index contributed by atoms with van der Waals surface area (Å²) in [4.78, 5) is 11.6. The molecule has 3 N–H and O–H groups in total. The van der Waals surface area contributed by atoms with Crippen molar-refractivity contribution in [1.29, 1.82) is 0 Å². The van der Waals surface area contributed by atoms with E-state index < -0.39 is 16.1 Å². The lowest BCUT2D eigenvalue weighted by molar-refractivity contribution is 0.0600. The number of carbonyl (C=O) groups excluding carboxylic acids is 1. The van der Waals surface area contributed by atoms with Gasteiger partial charge < -0.3 is 24.6 Å². The van der Waals surface area contributed by atoms with Crippen molar-refractivity contribution in [3.63, 3.8) is 0 Å². The number of aliphatic hydroxyl groups is 1. The number of aliphatic hydroxyl groups excluding tert-OH is 1. The Balaban J connectivity index is 1.26. The van der Waals surface area contributed by atoms with E-state index in [0.29, 0.717) is 35.8 Å². The average Bonchev–Trinajstić information content (AvgIpc) is 3.00. The number of hydrogen-bond donors (Lipinski definition) is 3. The molecule has 4 aromatic rings. The summed E-state index contributed by atoms with van der Waals surface area (Å²) in [6.45, 7) is 1.38. The molecule has 4 rings (SSSR count). The Morgan fingerprint density at radius 2 is 1.55 bits per heavy atom. The third-order valence-electron chi connectivity index (χ3n) is 6.30. The molecule has 0 aromatic heterocycles. The van der Waals surface area contributed by atoms with Crippen LogP contribution < -0.4 is 19.5 Å². The minimum absolute atomic E-state index is 0.242. The van der Waals surface area contributed by atoms with Crippen LogP contribution in [0.2, 0.25) is 0 Å². The Labute approximate surface area is 246 Å². The monoisotopic (exact) mass is 590 g/mol. The Kier molecular flexibility index (Phi) is 10.6. The van der Waals surface area contributed by atoms with E-state index in [1.54, 1.807) is 30.3 Å². The molecule has 10 heteroatoms. The van der Waals surface area contributed by atoms with Crippen molar-refractivity contribution in [2.45, 2.75) is 12.7 Å². The second-order valence-electron chi connectivity index (χ2n) is 9.57. The summed E-state index contributed by atoms with van der Waals surface area (Å²) in [5, 5.41) is 13.9. The fourth-order valence-corrected chi connectivity index (χ4v) is 4.71. The fourth-order valence-electron chi connectivity index (χ4n) is 4.15. The van der Waals surface area contributed by atoms with Crippen molar-refractivity contribution < 1.29 is 32.5 Å². The zero-order chi connectivity index (χ0) is 30.0. The second-order valence-corrected chi connectivity index (χ2v) is 11.3. The van der Waals surface area contributed by atoms with Crippen molar-refractivity contribution in [3.8, 4) is 22.6 Å². The van der Waals surface area contributed by atoms with E-state index in [1.807, 2.05) is 66.7 Å². The van der Waals surface area contributed by atoms with Crippen LogP contribution in [0, 0.1) is 0 Å². The van der Waals surface area contributed by atoms with Gasteiger partial charge in [0.2, 0.25) is 10.0 Å². The maximum atomic E-state index is 11.9. The third-order valence-corrected chi connectivity index (χ3v) is 6.89. The highest BCUT2D eigenvalue weighted by molar-refractivity contribution is 7.92. The van der Waals surface area contributed by atoms with E-state index in [4.69, 9.17) is 14.2 Å². The molecule has 4 aromatic carbocycles. The number of rotatable bonds is 14. The molecule has 0 radical (unpaired) electrons. The maximum Gasteiger partial charge on any atom is 0.337 e. The van der Waals surface area contributed by atoms with Crippen LogP contribution in [-0.2, 0) is 21.4 Å². The Bertz CT molecular complexity index is 1560. The molecule has 1 atom stereocenters. The summed E-state index contributed by atoms with van der Waals surface area (Å²) in [6, 6.07) is 29.3. The lowest BCUT2D eigenvalue weighted by atomic mass is 10.0. The van der Waals surface area contributed by atoms with Gasteiger partial charge in [0.1, 0.15) is 24.7 Å². The highest BCUT2D eigenvalue weighted by Crippen LogP contribution is 2.30. The molecule has 0 saturated heterocycles. The van der Waals surface area contributed by atoms with E-state index >= 15 is 0 Å². The number of methoxy groups -OCH3 is 1. The molecule has 220 valence electrons. The zero-order valence-corrected chi connectivity index (χ0v) is 24.3. The second kappa shape index (κ2) is 14.5. The van der Waals surface area contributed by atoms with Crippen LogP contribution >= 0.6 is 0 Å². The van der Waals surface area contributed by atoms with Gasteiger partial charge in [-0.25, -0.2) is 13.2 Å². The predicted molar refractivity (Wildman–Crippen MR) is 162 cm³/mol. The van der Waals surface area contributed by atoms with Crippen LogP contribution in [-0.4, -0.2) is 52.6 Å². The van der Waals surface area contributed by atoms with Gasteiger partial charge in [0.05, 0.1) is 30.7 Å². The fraction of sp³-hybridized carbons (Fsp3) is 0.219. The summed E-state index contributed by atoms with van der Waals surface area (Å²) in [7, 11) is -2.21. The summed E-state index contributed by atoms with van der Waals surface area (Å²) < 4.78 is 42.7. The molecular weight excluding hydrogens is 556 g/mol. The molecule has 0 saturated carbocycles.